The summed E-state index contributed by atoms with van der Waals surface area (Å²) >= 11 is 2.23. The van der Waals surface area contributed by atoms with Gasteiger partial charge in [0.1, 0.15) is 6.04 Å². The molecular formula is C24H23IN2O2. The molecule has 148 valence electrons. The maximum atomic E-state index is 13.5. The van der Waals surface area contributed by atoms with E-state index in [2.05, 4.69) is 27.9 Å². The Balaban J connectivity index is 1.92. The highest BCUT2D eigenvalue weighted by Gasteiger charge is 2.38. The van der Waals surface area contributed by atoms with Crippen LogP contribution in [0, 0.1) is 3.57 Å². The second-order valence-electron chi connectivity index (χ2n) is 7.12. The van der Waals surface area contributed by atoms with Gasteiger partial charge in [-0.05, 0) is 58.3 Å². The van der Waals surface area contributed by atoms with E-state index in [4.69, 9.17) is 5.73 Å². The van der Waals surface area contributed by atoms with E-state index in [1.165, 1.54) is 0 Å². The molecular weight excluding hydrogens is 475 g/mol. The number of rotatable bonds is 7. The molecule has 0 aliphatic heterocycles. The third-order valence-corrected chi connectivity index (χ3v) is 5.88. The zero-order valence-corrected chi connectivity index (χ0v) is 18.3. The third kappa shape index (κ3) is 4.85. The number of primary amides is 1. The Labute approximate surface area is 184 Å². The highest BCUT2D eigenvalue weighted by Crippen LogP contribution is 2.32. The minimum Gasteiger partial charge on any atom is -0.368 e. The standard InChI is InChI=1S/C24H23IN2O2/c1-24(18-8-4-2-5-9-18,19-10-6-3-7-11-19)23(29)27-21(22(26)28)16-17-12-14-20(25)15-13-17/h2-15,21H,16H2,1H3,(H2,26,28)(H,27,29)/t21-/m0/s1. The largest absolute Gasteiger partial charge is 0.368 e. The summed E-state index contributed by atoms with van der Waals surface area (Å²) in [5.74, 6) is -0.815. The van der Waals surface area contributed by atoms with Crippen molar-refractivity contribution in [2.24, 2.45) is 5.73 Å². The second-order valence-corrected chi connectivity index (χ2v) is 8.36. The van der Waals surface area contributed by atoms with Crippen LogP contribution in [0.1, 0.15) is 23.6 Å². The van der Waals surface area contributed by atoms with Crippen molar-refractivity contribution in [1.82, 2.24) is 5.32 Å². The SMILES string of the molecule is CC(C(=O)N[C@@H](Cc1ccc(I)cc1)C(N)=O)(c1ccccc1)c1ccccc1. The first-order valence-electron chi connectivity index (χ1n) is 9.37. The molecule has 0 saturated carbocycles. The molecule has 5 heteroatoms. The summed E-state index contributed by atoms with van der Waals surface area (Å²) in [5, 5.41) is 2.90. The van der Waals surface area contributed by atoms with Gasteiger partial charge in [0.25, 0.3) is 0 Å². The van der Waals surface area contributed by atoms with Crippen molar-refractivity contribution in [1.29, 1.82) is 0 Å². The number of amides is 2. The summed E-state index contributed by atoms with van der Waals surface area (Å²) in [5.41, 5.74) is 7.31. The molecule has 0 bridgehead atoms. The summed E-state index contributed by atoms with van der Waals surface area (Å²) in [6, 6.07) is 26.1. The molecule has 0 unspecified atom stereocenters. The first-order chi connectivity index (χ1) is 13.9. The Morgan fingerprint density at radius 3 is 1.83 bits per heavy atom. The zero-order chi connectivity index (χ0) is 20.9. The second kappa shape index (κ2) is 9.22. The van der Waals surface area contributed by atoms with Gasteiger partial charge in [0.2, 0.25) is 11.8 Å². The summed E-state index contributed by atoms with van der Waals surface area (Å²) in [7, 11) is 0. The predicted octanol–water partition coefficient (Wildman–Crippen LogP) is 3.81. The fourth-order valence-electron chi connectivity index (χ4n) is 3.35. The molecule has 0 saturated heterocycles. The monoisotopic (exact) mass is 498 g/mol. The third-order valence-electron chi connectivity index (χ3n) is 5.16. The highest BCUT2D eigenvalue weighted by molar-refractivity contribution is 14.1. The lowest BCUT2D eigenvalue weighted by molar-refractivity contribution is -0.129. The van der Waals surface area contributed by atoms with Gasteiger partial charge in [-0.1, -0.05) is 72.8 Å². The summed E-state index contributed by atoms with van der Waals surface area (Å²) in [4.78, 5) is 25.6. The van der Waals surface area contributed by atoms with E-state index >= 15 is 0 Å². The molecule has 3 aromatic carbocycles. The Kier molecular flexibility index (Phi) is 6.69. The van der Waals surface area contributed by atoms with Gasteiger partial charge in [-0.15, -0.1) is 0 Å². The molecule has 0 heterocycles. The van der Waals surface area contributed by atoms with Crippen molar-refractivity contribution in [2.45, 2.75) is 24.8 Å². The van der Waals surface area contributed by atoms with E-state index in [-0.39, 0.29) is 5.91 Å². The van der Waals surface area contributed by atoms with Crippen LogP contribution in [-0.2, 0) is 21.4 Å². The number of nitrogens with two attached hydrogens (primary N) is 1. The zero-order valence-electron chi connectivity index (χ0n) is 16.1. The lowest BCUT2D eigenvalue weighted by Crippen LogP contribution is -2.52. The van der Waals surface area contributed by atoms with Crippen molar-refractivity contribution < 1.29 is 9.59 Å². The van der Waals surface area contributed by atoms with Crippen LogP contribution in [0.15, 0.2) is 84.9 Å². The van der Waals surface area contributed by atoms with Crippen LogP contribution < -0.4 is 11.1 Å². The van der Waals surface area contributed by atoms with E-state index in [1.807, 2.05) is 91.9 Å². The van der Waals surface area contributed by atoms with Crippen LogP contribution in [0.2, 0.25) is 0 Å². The molecule has 0 aliphatic carbocycles. The number of nitrogens with one attached hydrogen (secondary N) is 1. The van der Waals surface area contributed by atoms with Gasteiger partial charge in [-0.2, -0.15) is 0 Å². The smallest absolute Gasteiger partial charge is 0.240 e. The van der Waals surface area contributed by atoms with Gasteiger partial charge in [0, 0.05) is 9.99 Å². The maximum absolute atomic E-state index is 13.5. The normalized spacial score (nSPS) is 12.2. The number of halogens is 1. The molecule has 0 aliphatic rings. The average molecular weight is 498 g/mol. The van der Waals surface area contributed by atoms with Crippen molar-refractivity contribution >= 4 is 34.4 Å². The molecule has 4 nitrogen and oxygen atoms in total. The first kappa shape index (κ1) is 21.0. The predicted molar refractivity (Wildman–Crippen MR) is 123 cm³/mol. The molecule has 0 spiro atoms. The van der Waals surface area contributed by atoms with E-state index in [9.17, 15) is 9.59 Å². The van der Waals surface area contributed by atoms with E-state index in [1.54, 1.807) is 0 Å². The van der Waals surface area contributed by atoms with Crippen LogP contribution in [0.5, 0.6) is 0 Å². The Bertz CT molecular complexity index is 933. The first-order valence-corrected chi connectivity index (χ1v) is 10.4. The van der Waals surface area contributed by atoms with Crippen LogP contribution in [0.3, 0.4) is 0 Å². The fourth-order valence-corrected chi connectivity index (χ4v) is 3.71. The van der Waals surface area contributed by atoms with Gasteiger partial charge in [-0.25, -0.2) is 0 Å². The number of hydrogen-bond acceptors (Lipinski definition) is 2. The van der Waals surface area contributed by atoms with Crippen LogP contribution in [0.4, 0.5) is 0 Å². The van der Waals surface area contributed by atoms with E-state index in [0.717, 1.165) is 20.3 Å². The van der Waals surface area contributed by atoms with Crippen molar-refractivity contribution in [2.75, 3.05) is 0 Å². The maximum Gasteiger partial charge on any atom is 0.240 e. The number of benzene rings is 3. The van der Waals surface area contributed by atoms with Crippen LogP contribution in [-0.4, -0.2) is 17.9 Å². The topological polar surface area (TPSA) is 72.2 Å². The molecule has 0 fully saturated rings. The van der Waals surface area contributed by atoms with Crippen LogP contribution >= 0.6 is 22.6 Å². The number of carbonyl (C=O) groups excluding carboxylic acids is 2. The fraction of sp³-hybridized carbons (Fsp3) is 0.167. The van der Waals surface area contributed by atoms with Gasteiger partial charge in [0.15, 0.2) is 0 Å². The Hall–Kier alpha value is -2.67. The van der Waals surface area contributed by atoms with Gasteiger partial charge in [-0.3, -0.25) is 9.59 Å². The van der Waals surface area contributed by atoms with Gasteiger partial charge < -0.3 is 11.1 Å². The van der Waals surface area contributed by atoms with E-state index in [0.29, 0.717) is 6.42 Å². The van der Waals surface area contributed by atoms with Gasteiger partial charge in [0.05, 0.1) is 5.41 Å². The van der Waals surface area contributed by atoms with Crippen molar-refractivity contribution in [3.63, 3.8) is 0 Å². The van der Waals surface area contributed by atoms with Crippen molar-refractivity contribution in [3.05, 3.63) is 105 Å². The lowest BCUT2D eigenvalue weighted by Gasteiger charge is -2.31. The summed E-state index contributed by atoms with van der Waals surface area (Å²) in [6.45, 7) is 1.87. The molecule has 0 radical (unpaired) electrons. The molecule has 3 N–H and O–H groups in total. The molecule has 3 rings (SSSR count). The number of carbonyl (C=O) groups is 2. The summed E-state index contributed by atoms with van der Waals surface area (Å²) < 4.78 is 1.10. The minimum atomic E-state index is -0.956. The quantitative estimate of drug-likeness (QED) is 0.487. The minimum absolute atomic E-state index is 0.260. The van der Waals surface area contributed by atoms with Gasteiger partial charge >= 0.3 is 0 Å². The Morgan fingerprint density at radius 1 is 0.897 bits per heavy atom. The lowest BCUT2D eigenvalue weighted by atomic mass is 9.75. The molecule has 29 heavy (non-hydrogen) atoms. The number of hydrogen-bond donors (Lipinski definition) is 2. The molecule has 3 aromatic rings. The molecule has 0 aromatic heterocycles. The van der Waals surface area contributed by atoms with E-state index < -0.39 is 17.4 Å². The highest BCUT2D eigenvalue weighted by atomic mass is 127. The van der Waals surface area contributed by atoms with Crippen LogP contribution in [0.25, 0.3) is 0 Å². The molecule has 1 atom stereocenters. The average Bonchev–Trinajstić information content (AvgIpc) is 2.75. The summed E-state index contributed by atoms with van der Waals surface area (Å²) in [6.07, 6.45) is 0.345. The van der Waals surface area contributed by atoms with Crippen molar-refractivity contribution in [3.8, 4) is 0 Å². The Morgan fingerprint density at radius 2 is 1.38 bits per heavy atom. The molecule has 2 amide bonds.